The van der Waals surface area contributed by atoms with Crippen molar-refractivity contribution in [2.75, 3.05) is 5.32 Å². The highest BCUT2D eigenvalue weighted by Crippen LogP contribution is 2.24. The molecule has 0 saturated heterocycles. The molecular weight excluding hydrogens is 284 g/mol. The number of aromatic amines is 1. The minimum absolute atomic E-state index is 0.0248. The predicted octanol–water partition coefficient (Wildman–Crippen LogP) is 1.98. The second-order valence-electron chi connectivity index (χ2n) is 3.86. The van der Waals surface area contributed by atoms with Gasteiger partial charge in [-0.05, 0) is 18.2 Å². The van der Waals surface area contributed by atoms with Gasteiger partial charge >= 0.3 is 5.97 Å². The van der Waals surface area contributed by atoms with Crippen molar-refractivity contribution < 1.29 is 14.7 Å². The van der Waals surface area contributed by atoms with Crippen LogP contribution in [0.4, 0.5) is 5.69 Å². The summed E-state index contributed by atoms with van der Waals surface area (Å²) < 4.78 is 0. The second-order valence-corrected chi connectivity index (χ2v) is 4.27. The molecule has 1 heterocycles. The van der Waals surface area contributed by atoms with E-state index in [0.29, 0.717) is 0 Å². The maximum Gasteiger partial charge on any atom is 0.339 e. The Labute approximate surface area is 118 Å². The number of amides is 1. The lowest BCUT2D eigenvalue weighted by Gasteiger charge is -2.09. The maximum atomic E-state index is 11.9. The molecule has 0 unspecified atom stereocenters. The summed E-state index contributed by atoms with van der Waals surface area (Å²) in [5, 5.41) is 11.6. The van der Waals surface area contributed by atoms with Gasteiger partial charge in [-0.2, -0.15) is 0 Å². The zero-order chi connectivity index (χ0) is 14.7. The molecule has 6 nitrogen and oxygen atoms in total. The minimum atomic E-state index is -1.24. The van der Waals surface area contributed by atoms with Gasteiger partial charge in [0, 0.05) is 12.3 Å². The van der Waals surface area contributed by atoms with Crippen LogP contribution < -0.4 is 10.9 Å². The van der Waals surface area contributed by atoms with Gasteiger partial charge in [-0.1, -0.05) is 17.7 Å². The Morgan fingerprint density at radius 1 is 1.20 bits per heavy atom. The molecule has 102 valence electrons. The van der Waals surface area contributed by atoms with Gasteiger partial charge in [0.25, 0.3) is 5.91 Å². The third-order valence-electron chi connectivity index (χ3n) is 2.52. The number of nitrogens with one attached hydrogen (secondary N) is 2. The first kappa shape index (κ1) is 13.8. The highest BCUT2D eigenvalue weighted by molar-refractivity contribution is 6.34. The molecule has 1 aromatic carbocycles. The lowest BCUT2D eigenvalue weighted by molar-refractivity contribution is 0.0698. The third-order valence-corrected chi connectivity index (χ3v) is 2.84. The van der Waals surface area contributed by atoms with Crippen LogP contribution in [0.3, 0.4) is 0 Å². The quantitative estimate of drug-likeness (QED) is 0.805. The van der Waals surface area contributed by atoms with Crippen molar-refractivity contribution >= 4 is 29.2 Å². The number of H-pyrrole nitrogens is 1. The second kappa shape index (κ2) is 5.58. The Bertz CT molecular complexity index is 719. The smallest absolute Gasteiger partial charge is 0.339 e. The van der Waals surface area contributed by atoms with Crippen molar-refractivity contribution in [1.29, 1.82) is 0 Å². The molecule has 0 aliphatic rings. The highest BCUT2D eigenvalue weighted by atomic mass is 35.5. The number of pyridine rings is 1. The van der Waals surface area contributed by atoms with E-state index in [9.17, 15) is 14.4 Å². The summed E-state index contributed by atoms with van der Waals surface area (Å²) >= 11 is 5.79. The van der Waals surface area contributed by atoms with Gasteiger partial charge < -0.3 is 15.4 Å². The zero-order valence-corrected chi connectivity index (χ0v) is 10.8. The fourth-order valence-corrected chi connectivity index (χ4v) is 1.85. The van der Waals surface area contributed by atoms with E-state index in [2.05, 4.69) is 10.3 Å². The number of carboxylic acid groups (broad SMARTS) is 1. The van der Waals surface area contributed by atoms with E-state index in [0.717, 1.165) is 0 Å². The average molecular weight is 293 g/mol. The third kappa shape index (κ3) is 2.86. The van der Waals surface area contributed by atoms with Crippen LogP contribution in [-0.2, 0) is 0 Å². The molecule has 0 radical (unpaired) electrons. The molecule has 0 fully saturated rings. The Morgan fingerprint density at radius 2 is 1.95 bits per heavy atom. The summed E-state index contributed by atoms with van der Waals surface area (Å²) in [5.41, 5.74) is -0.246. The molecule has 3 N–H and O–H groups in total. The molecule has 0 saturated carbocycles. The Kier molecular flexibility index (Phi) is 3.86. The van der Waals surface area contributed by atoms with Crippen LogP contribution in [0, 0.1) is 0 Å². The Morgan fingerprint density at radius 3 is 2.55 bits per heavy atom. The maximum absolute atomic E-state index is 11.9. The van der Waals surface area contributed by atoms with Crippen LogP contribution in [-0.4, -0.2) is 22.0 Å². The summed E-state index contributed by atoms with van der Waals surface area (Å²) in [7, 11) is 0. The van der Waals surface area contributed by atoms with Crippen molar-refractivity contribution in [3.8, 4) is 0 Å². The van der Waals surface area contributed by atoms with E-state index in [1.165, 1.54) is 36.5 Å². The number of rotatable bonds is 3. The molecule has 0 bridgehead atoms. The molecule has 1 amide bonds. The minimum Gasteiger partial charge on any atom is -0.478 e. The van der Waals surface area contributed by atoms with Crippen LogP contribution in [0.5, 0.6) is 0 Å². The topological polar surface area (TPSA) is 99.3 Å². The normalized spacial score (nSPS) is 10.1. The van der Waals surface area contributed by atoms with E-state index >= 15 is 0 Å². The number of aromatic nitrogens is 1. The molecular formula is C13H9ClN2O4. The van der Waals surface area contributed by atoms with Gasteiger partial charge in [0.15, 0.2) is 0 Å². The first-order valence-corrected chi connectivity index (χ1v) is 5.88. The zero-order valence-electron chi connectivity index (χ0n) is 10.0. The summed E-state index contributed by atoms with van der Waals surface area (Å²) in [6.07, 6.45) is 1.24. The van der Waals surface area contributed by atoms with Crippen LogP contribution in [0.25, 0.3) is 0 Å². The van der Waals surface area contributed by atoms with E-state index in [1.54, 1.807) is 0 Å². The molecule has 0 atom stereocenters. The number of aromatic carboxylic acids is 1. The highest BCUT2D eigenvalue weighted by Gasteiger charge is 2.16. The monoisotopic (exact) mass is 292 g/mol. The van der Waals surface area contributed by atoms with E-state index in [1.807, 2.05) is 0 Å². The van der Waals surface area contributed by atoms with Crippen LogP contribution >= 0.6 is 11.6 Å². The molecule has 0 aliphatic heterocycles. The van der Waals surface area contributed by atoms with Gasteiger partial charge in [0.1, 0.15) is 5.56 Å². The number of hydrogen-bond acceptors (Lipinski definition) is 3. The average Bonchev–Trinajstić information content (AvgIpc) is 2.39. The summed E-state index contributed by atoms with van der Waals surface area (Å²) in [6, 6.07) is 6.90. The number of benzene rings is 1. The summed E-state index contributed by atoms with van der Waals surface area (Å²) in [6.45, 7) is 0. The molecule has 2 rings (SSSR count). The number of carbonyl (C=O) groups excluding carboxylic acids is 1. The first-order valence-electron chi connectivity index (χ1n) is 5.51. The Hall–Kier alpha value is -2.60. The first-order chi connectivity index (χ1) is 9.49. The molecule has 2 aromatic rings. The van der Waals surface area contributed by atoms with E-state index < -0.39 is 11.9 Å². The molecule has 7 heteroatoms. The van der Waals surface area contributed by atoms with E-state index in [-0.39, 0.29) is 27.4 Å². The van der Waals surface area contributed by atoms with Crippen molar-refractivity contribution in [2.24, 2.45) is 0 Å². The summed E-state index contributed by atoms with van der Waals surface area (Å²) in [4.78, 5) is 36.3. The van der Waals surface area contributed by atoms with Gasteiger partial charge in [0.2, 0.25) is 5.56 Å². The van der Waals surface area contributed by atoms with E-state index in [4.69, 9.17) is 16.7 Å². The fourth-order valence-electron chi connectivity index (χ4n) is 1.59. The number of carbonyl (C=O) groups is 2. The largest absolute Gasteiger partial charge is 0.478 e. The van der Waals surface area contributed by atoms with Crippen molar-refractivity contribution in [1.82, 2.24) is 4.98 Å². The van der Waals surface area contributed by atoms with Crippen LogP contribution in [0.15, 0.2) is 41.3 Å². The van der Waals surface area contributed by atoms with Crippen molar-refractivity contribution in [3.63, 3.8) is 0 Å². The molecule has 0 spiro atoms. The predicted molar refractivity (Wildman–Crippen MR) is 73.4 cm³/mol. The van der Waals surface area contributed by atoms with Gasteiger partial charge in [-0.25, -0.2) is 4.79 Å². The number of hydrogen-bond donors (Lipinski definition) is 3. The van der Waals surface area contributed by atoms with Crippen LogP contribution in [0.1, 0.15) is 20.7 Å². The standard InChI is InChI=1S/C13H9ClN2O4/c14-8-2-1-3-9(11(8)13(19)20)16-12(18)7-4-5-10(17)15-6-7/h1-6H,(H,15,17)(H,16,18)(H,19,20). The van der Waals surface area contributed by atoms with Gasteiger partial charge in [-0.15, -0.1) is 0 Å². The summed E-state index contributed by atoms with van der Waals surface area (Å²) in [5.74, 6) is -1.79. The lowest BCUT2D eigenvalue weighted by atomic mass is 10.1. The number of carboxylic acids is 1. The van der Waals surface area contributed by atoms with Crippen molar-refractivity contribution in [3.05, 3.63) is 63.0 Å². The SMILES string of the molecule is O=C(Nc1cccc(Cl)c1C(=O)O)c1ccc(=O)[nH]c1. The number of halogens is 1. The lowest BCUT2D eigenvalue weighted by Crippen LogP contribution is -2.16. The molecule has 1 aromatic heterocycles. The molecule has 0 aliphatic carbocycles. The Balaban J connectivity index is 2.33. The number of anilines is 1. The molecule has 20 heavy (non-hydrogen) atoms. The van der Waals surface area contributed by atoms with Gasteiger partial charge in [0.05, 0.1) is 16.3 Å². The fraction of sp³-hybridized carbons (Fsp3) is 0. The van der Waals surface area contributed by atoms with Crippen molar-refractivity contribution in [2.45, 2.75) is 0 Å². The van der Waals surface area contributed by atoms with Crippen LogP contribution in [0.2, 0.25) is 5.02 Å². The van der Waals surface area contributed by atoms with Gasteiger partial charge in [-0.3, -0.25) is 9.59 Å².